The van der Waals surface area contributed by atoms with E-state index in [1.165, 1.54) is 5.56 Å². The van der Waals surface area contributed by atoms with Crippen LogP contribution in [0.2, 0.25) is 5.02 Å². The molecule has 0 amide bonds. The van der Waals surface area contributed by atoms with Crippen LogP contribution in [0.5, 0.6) is 0 Å². The van der Waals surface area contributed by atoms with Crippen molar-refractivity contribution in [3.63, 3.8) is 0 Å². The first-order valence-electron chi connectivity index (χ1n) is 7.22. The van der Waals surface area contributed by atoms with E-state index in [2.05, 4.69) is 24.5 Å². The molecular formula is C16H22ClNO2S. The summed E-state index contributed by atoms with van der Waals surface area (Å²) in [5.41, 5.74) is 1.18. The van der Waals surface area contributed by atoms with Gasteiger partial charge in [0.15, 0.2) is 9.84 Å². The van der Waals surface area contributed by atoms with E-state index in [1.54, 1.807) is 0 Å². The Labute approximate surface area is 132 Å². The minimum Gasteiger partial charge on any atom is -0.295 e. The molecular weight excluding hydrogens is 306 g/mol. The van der Waals surface area contributed by atoms with Gasteiger partial charge in [0, 0.05) is 24.2 Å². The summed E-state index contributed by atoms with van der Waals surface area (Å²) in [5.74, 6) is 0.868. The average molecular weight is 328 g/mol. The number of halogens is 1. The standard InChI is InChI=1S/C16H22ClNO2S/c1-3-8-18(16-7-9-21(19,20)12-16)11-13(2)14-5-4-6-15(17)10-14/h3-6,10,13,16H,1,7-9,11-12H2,2H3/t13-,16+/m1/s1. The lowest BCUT2D eigenvalue weighted by Gasteiger charge is -2.29. The molecule has 2 atom stereocenters. The maximum Gasteiger partial charge on any atom is 0.151 e. The number of hydrogen-bond donors (Lipinski definition) is 0. The van der Waals surface area contributed by atoms with Crippen molar-refractivity contribution in [2.45, 2.75) is 25.3 Å². The molecule has 1 aromatic carbocycles. The smallest absolute Gasteiger partial charge is 0.151 e. The van der Waals surface area contributed by atoms with E-state index in [0.29, 0.717) is 18.2 Å². The fraction of sp³-hybridized carbons (Fsp3) is 0.500. The fourth-order valence-electron chi connectivity index (χ4n) is 2.87. The maximum absolute atomic E-state index is 11.7. The molecule has 2 rings (SSSR count). The van der Waals surface area contributed by atoms with E-state index in [9.17, 15) is 8.42 Å². The van der Waals surface area contributed by atoms with Crippen molar-refractivity contribution in [2.24, 2.45) is 0 Å². The molecule has 0 N–H and O–H groups in total. The molecule has 0 aliphatic carbocycles. The number of benzene rings is 1. The SMILES string of the molecule is C=CCN(C[C@@H](C)c1cccc(Cl)c1)[C@H]1CCS(=O)(=O)C1. The second-order valence-electron chi connectivity index (χ2n) is 5.76. The van der Waals surface area contributed by atoms with Gasteiger partial charge in [-0.3, -0.25) is 4.90 Å². The molecule has 116 valence electrons. The van der Waals surface area contributed by atoms with Crippen LogP contribution >= 0.6 is 11.6 Å². The van der Waals surface area contributed by atoms with E-state index in [-0.39, 0.29) is 11.8 Å². The molecule has 0 unspecified atom stereocenters. The lowest BCUT2D eigenvalue weighted by molar-refractivity contribution is 0.224. The maximum atomic E-state index is 11.7. The van der Waals surface area contributed by atoms with Crippen LogP contribution in [0.25, 0.3) is 0 Å². The summed E-state index contributed by atoms with van der Waals surface area (Å²) in [6, 6.07) is 7.96. The number of hydrogen-bond acceptors (Lipinski definition) is 3. The van der Waals surface area contributed by atoms with E-state index in [0.717, 1.165) is 18.0 Å². The zero-order valence-corrected chi connectivity index (χ0v) is 13.9. The highest BCUT2D eigenvalue weighted by atomic mass is 35.5. The van der Waals surface area contributed by atoms with Crippen LogP contribution in [0.3, 0.4) is 0 Å². The summed E-state index contributed by atoms with van der Waals surface area (Å²) in [6.45, 7) is 7.46. The Bertz CT molecular complexity index is 600. The van der Waals surface area contributed by atoms with Crippen LogP contribution in [-0.2, 0) is 9.84 Å². The van der Waals surface area contributed by atoms with Gasteiger partial charge in [-0.2, -0.15) is 0 Å². The summed E-state index contributed by atoms with van der Waals surface area (Å²) in [5, 5.41) is 0.734. The van der Waals surface area contributed by atoms with Crippen LogP contribution in [-0.4, -0.2) is 44.0 Å². The number of sulfone groups is 1. The molecule has 0 bridgehead atoms. The zero-order valence-electron chi connectivity index (χ0n) is 12.3. The van der Waals surface area contributed by atoms with Crippen LogP contribution in [0.1, 0.15) is 24.8 Å². The molecule has 0 aromatic heterocycles. The second kappa shape index (κ2) is 6.95. The van der Waals surface area contributed by atoms with Crippen molar-refractivity contribution < 1.29 is 8.42 Å². The van der Waals surface area contributed by atoms with Crippen LogP contribution in [0.4, 0.5) is 0 Å². The molecule has 0 radical (unpaired) electrons. The summed E-state index contributed by atoms with van der Waals surface area (Å²) in [4.78, 5) is 2.23. The number of rotatable bonds is 6. The molecule has 5 heteroatoms. The second-order valence-corrected chi connectivity index (χ2v) is 8.42. The van der Waals surface area contributed by atoms with Gasteiger partial charge in [0.1, 0.15) is 0 Å². The Balaban J connectivity index is 2.07. The van der Waals surface area contributed by atoms with E-state index >= 15 is 0 Å². The molecule has 0 spiro atoms. The summed E-state index contributed by atoms with van der Waals surface area (Å²) < 4.78 is 23.4. The third-order valence-electron chi connectivity index (χ3n) is 4.01. The van der Waals surface area contributed by atoms with Gasteiger partial charge >= 0.3 is 0 Å². The Morgan fingerprint density at radius 1 is 1.52 bits per heavy atom. The molecule has 1 aliphatic rings. The molecule has 1 aromatic rings. The highest BCUT2D eigenvalue weighted by Gasteiger charge is 2.32. The highest BCUT2D eigenvalue weighted by Crippen LogP contribution is 2.24. The molecule has 1 saturated heterocycles. The Kier molecular flexibility index (Phi) is 5.47. The molecule has 1 fully saturated rings. The lowest BCUT2D eigenvalue weighted by Crippen LogP contribution is -2.38. The average Bonchev–Trinajstić information content (AvgIpc) is 2.78. The van der Waals surface area contributed by atoms with Crippen molar-refractivity contribution >= 4 is 21.4 Å². The van der Waals surface area contributed by atoms with Gasteiger partial charge in [-0.05, 0) is 30.0 Å². The first-order chi connectivity index (χ1) is 9.91. The normalized spacial score (nSPS) is 22.3. The third kappa shape index (κ3) is 4.56. The minimum atomic E-state index is -2.86. The van der Waals surface area contributed by atoms with Crippen molar-refractivity contribution in [3.05, 3.63) is 47.5 Å². The van der Waals surface area contributed by atoms with E-state index in [4.69, 9.17) is 11.6 Å². The highest BCUT2D eigenvalue weighted by molar-refractivity contribution is 7.91. The molecule has 1 aliphatic heterocycles. The first-order valence-corrected chi connectivity index (χ1v) is 9.42. The Morgan fingerprint density at radius 2 is 2.29 bits per heavy atom. The van der Waals surface area contributed by atoms with Gasteiger partial charge < -0.3 is 0 Å². The first kappa shape index (κ1) is 16.5. The Hall–Kier alpha value is -0.840. The van der Waals surface area contributed by atoms with Gasteiger partial charge in [-0.1, -0.05) is 36.7 Å². The van der Waals surface area contributed by atoms with Crippen molar-refractivity contribution in [1.82, 2.24) is 4.90 Å². The molecule has 0 saturated carbocycles. The summed E-state index contributed by atoms with van der Waals surface area (Å²) in [7, 11) is -2.86. The van der Waals surface area contributed by atoms with E-state index in [1.807, 2.05) is 24.3 Å². The number of nitrogens with zero attached hydrogens (tertiary/aromatic N) is 1. The zero-order chi connectivity index (χ0) is 15.5. The largest absolute Gasteiger partial charge is 0.295 e. The lowest BCUT2D eigenvalue weighted by atomic mass is 10.00. The van der Waals surface area contributed by atoms with Crippen LogP contribution < -0.4 is 0 Å². The predicted molar refractivity (Wildman–Crippen MR) is 88.7 cm³/mol. The van der Waals surface area contributed by atoms with Crippen molar-refractivity contribution in [3.8, 4) is 0 Å². The van der Waals surface area contributed by atoms with Gasteiger partial charge in [0.05, 0.1) is 11.5 Å². The molecule has 3 nitrogen and oxygen atoms in total. The van der Waals surface area contributed by atoms with Crippen molar-refractivity contribution in [2.75, 3.05) is 24.6 Å². The quantitative estimate of drug-likeness (QED) is 0.753. The van der Waals surface area contributed by atoms with Gasteiger partial charge in [-0.15, -0.1) is 6.58 Å². The van der Waals surface area contributed by atoms with E-state index < -0.39 is 9.84 Å². The van der Waals surface area contributed by atoms with Crippen LogP contribution in [0.15, 0.2) is 36.9 Å². The predicted octanol–water partition coefficient (Wildman–Crippen LogP) is 3.12. The Morgan fingerprint density at radius 3 is 2.86 bits per heavy atom. The van der Waals surface area contributed by atoms with Crippen LogP contribution in [0, 0.1) is 0 Å². The van der Waals surface area contributed by atoms with Gasteiger partial charge in [0.25, 0.3) is 0 Å². The third-order valence-corrected chi connectivity index (χ3v) is 6.00. The monoisotopic (exact) mass is 327 g/mol. The summed E-state index contributed by atoms with van der Waals surface area (Å²) in [6.07, 6.45) is 2.56. The van der Waals surface area contributed by atoms with Gasteiger partial charge in [-0.25, -0.2) is 8.42 Å². The summed E-state index contributed by atoms with van der Waals surface area (Å²) >= 11 is 6.04. The molecule has 1 heterocycles. The minimum absolute atomic E-state index is 0.106. The van der Waals surface area contributed by atoms with Gasteiger partial charge in [0.2, 0.25) is 0 Å². The molecule has 21 heavy (non-hydrogen) atoms. The van der Waals surface area contributed by atoms with Crippen molar-refractivity contribution in [1.29, 1.82) is 0 Å². The fourth-order valence-corrected chi connectivity index (χ4v) is 4.83. The topological polar surface area (TPSA) is 37.4 Å².